The highest BCUT2D eigenvalue weighted by atomic mass is 32.2. The highest BCUT2D eigenvalue weighted by Gasteiger charge is 2.14. The van der Waals surface area contributed by atoms with Gasteiger partial charge in [-0.1, -0.05) is 12.1 Å². The largest absolute Gasteiger partial charge is 0.328 e. The third-order valence-electron chi connectivity index (χ3n) is 2.70. The van der Waals surface area contributed by atoms with Gasteiger partial charge in [-0.15, -0.1) is 11.8 Å². The number of hydrogen-bond donors (Lipinski definition) is 3. The zero-order chi connectivity index (χ0) is 14.5. The van der Waals surface area contributed by atoms with Crippen LogP contribution >= 0.6 is 11.8 Å². The topological polar surface area (TPSA) is 82.7 Å². The molecule has 0 aliphatic rings. The van der Waals surface area contributed by atoms with Crippen molar-refractivity contribution in [3.63, 3.8) is 0 Å². The van der Waals surface area contributed by atoms with Crippen molar-refractivity contribution in [2.24, 2.45) is 0 Å². The van der Waals surface area contributed by atoms with Gasteiger partial charge in [0.25, 0.3) is 0 Å². The summed E-state index contributed by atoms with van der Waals surface area (Å²) in [4.78, 5) is 17.2. The summed E-state index contributed by atoms with van der Waals surface area (Å²) in [6.07, 6.45) is 1.97. The van der Waals surface area contributed by atoms with E-state index >= 15 is 0 Å². The van der Waals surface area contributed by atoms with E-state index in [1.807, 2.05) is 44.4 Å². The maximum atomic E-state index is 12.0. The van der Waals surface area contributed by atoms with Crippen molar-refractivity contribution >= 4 is 23.5 Å². The normalized spacial score (nSPS) is 11.9. The van der Waals surface area contributed by atoms with Gasteiger partial charge in [0.2, 0.25) is 0 Å². The number of nitrogens with zero attached hydrogens (tertiary/aromatic N) is 2. The molecule has 7 heteroatoms. The van der Waals surface area contributed by atoms with Crippen LogP contribution in [0.5, 0.6) is 0 Å². The van der Waals surface area contributed by atoms with Gasteiger partial charge in [0.05, 0.1) is 11.7 Å². The molecule has 2 rings (SSSR count). The molecule has 0 aliphatic heterocycles. The first kappa shape index (κ1) is 14.4. The molecule has 1 heterocycles. The molecule has 20 heavy (non-hydrogen) atoms. The summed E-state index contributed by atoms with van der Waals surface area (Å²) in [5.41, 5.74) is 0.788. The van der Waals surface area contributed by atoms with Crippen molar-refractivity contribution in [1.82, 2.24) is 20.5 Å². The van der Waals surface area contributed by atoms with Crippen LogP contribution in [0.2, 0.25) is 0 Å². The van der Waals surface area contributed by atoms with Gasteiger partial charge < -0.3 is 10.6 Å². The quantitative estimate of drug-likeness (QED) is 0.756. The van der Waals surface area contributed by atoms with Crippen LogP contribution in [0.15, 0.2) is 29.2 Å². The van der Waals surface area contributed by atoms with E-state index in [4.69, 9.17) is 0 Å². The number of urea groups is 1. The summed E-state index contributed by atoms with van der Waals surface area (Å²) in [5.74, 6) is 1.29. The van der Waals surface area contributed by atoms with E-state index in [0.717, 1.165) is 16.4 Å². The predicted octanol–water partition coefficient (Wildman–Crippen LogP) is 2.72. The van der Waals surface area contributed by atoms with E-state index in [1.165, 1.54) is 0 Å². The van der Waals surface area contributed by atoms with Crippen LogP contribution in [0, 0.1) is 6.92 Å². The summed E-state index contributed by atoms with van der Waals surface area (Å²) in [6, 6.07) is 7.11. The van der Waals surface area contributed by atoms with Crippen LogP contribution in [-0.2, 0) is 0 Å². The van der Waals surface area contributed by atoms with E-state index in [0.29, 0.717) is 5.82 Å². The van der Waals surface area contributed by atoms with Crippen molar-refractivity contribution < 1.29 is 4.79 Å². The lowest BCUT2D eigenvalue weighted by molar-refractivity contribution is 0.249. The molecule has 0 radical (unpaired) electrons. The maximum Gasteiger partial charge on any atom is 0.319 e. The Morgan fingerprint density at radius 3 is 2.80 bits per heavy atom. The van der Waals surface area contributed by atoms with Crippen molar-refractivity contribution in [1.29, 1.82) is 0 Å². The molecule has 0 fully saturated rings. The lowest BCUT2D eigenvalue weighted by Crippen LogP contribution is -2.31. The number of aryl methyl sites for hydroxylation is 1. The van der Waals surface area contributed by atoms with Gasteiger partial charge in [0.1, 0.15) is 5.82 Å². The number of carbonyl (C=O) groups is 1. The molecular formula is C13H17N5OS. The second-order valence-electron chi connectivity index (χ2n) is 4.30. The Hall–Kier alpha value is -2.02. The first-order valence-corrected chi connectivity index (χ1v) is 7.42. The van der Waals surface area contributed by atoms with Gasteiger partial charge >= 0.3 is 6.03 Å². The molecule has 2 amide bonds. The van der Waals surface area contributed by atoms with Gasteiger partial charge in [-0.05, 0) is 32.2 Å². The highest BCUT2D eigenvalue weighted by molar-refractivity contribution is 7.98. The first-order valence-electron chi connectivity index (χ1n) is 6.19. The van der Waals surface area contributed by atoms with Gasteiger partial charge in [-0.25, -0.2) is 9.78 Å². The molecule has 106 valence electrons. The number of aromatic nitrogens is 3. The Morgan fingerprint density at radius 2 is 2.15 bits per heavy atom. The Labute approximate surface area is 121 Å². The van der Waals surface area contributed by atoms with Crippen LogP contribution < -0.4 is 10.6 Å². The van der Waals surface area contributed by atoms with E-state index in [1.54, 1.807) is 11.8 Å². The monoisotopic (exact) mass is 291 g/mol. The molecule has 0 bridgehead atoms. The summed E-state index contributed by atoms with van der Waals surface area (Å²) >= 11 is 1.58. The second-order valence-corrected chi connectivity index (χ2v) is 5.15. The predicted molar refractivity (Wildman–Crippen MR) is 79.9 cm³/mol. The molecule has 0 saturated carbocycles. The summed E-state index contributed by atoms with van der Waals surface area (Å²) in [5, 5.41) is 12.4. The lowest BCUT2D eigenvalue weighted by Gasteiger charge is -2.13. The second kappa shape index (κ2) is 6.42. The number of nitrogens with one attached hydrogen (secondary N) is 3. The fourth-order valence-corrected chi connectivity index (χ4v) is 2.27. The number of H-pyrrole nitrogens is 1. The third-order valence-corrected chi connectivity index (χ3v) is 3.50. The molecule has 2 aromatic rings. The fraction of sp³-hybridized carbons (Fsp3) is 0.308. The number of para-hydroxylation sites is 1. The van der Waals surface area contributed by atoms with Crippen molar-refractivity contribution in [3.05, 3.63) is 35.9 Å². The molecule has 1 aromatic carbocycles. The van der Waals surface area contributed by atoms with Crippen LogP contribution in [0.25, 0.3) is 0 Å². The maximum absolute atomic E-state index is 12.0. The van der Waals surface area contributed by atoms with Gasteiger partial charge in [-0.3, -0.25) is 5.10 Å². The highest BCUT2D eigenvalue weighted by Crippen LogP contribution is 2.24. The Kier molecular flexibility index (Phi) is 4.62. The smallest absolute Gasteiger partial charge is 0.319 e. The Bertz CT molecular complexity index is 598. The zero-order valence-electron chi connectivity index (χ0n) is 11.6. The van der Waals surface area contributed by atoms with Crippen LogP contribution in [0.1, 0.15) is 24.6 Å². The van der Waals surface area contributed by atoms with E-state index in [-0.39, 0.29) is 12.1 Å². The number of aromatic amines is 1. The van der Waals surface area contributed by atoms with Crippen LogP contribution in [0.4, 0.5) is 10.5 Å². The minimum atomic E-state index is -0.276. The summed E-state index contributed by atoms with van der Waals surface area (Å²) < 4.78 is 0. The number of amides is 2. The minimum absolute atomic E-state index is 0.263. The van der Waals surface area contributed by atoms with E-state index < -0.39 is 0 Å². The van der Waals surface area contributed by atoms with Crippen LogP contribution in [0.3, 0.4) is 0 Å². The Morgan fingerprint density at radius 1 is 1.40 bits per heavy atom. The number of rotatable bonds is 4. The zero-order valence-corrected chi connectivity index (χ0v) is 12.4. The van der Waals surface area contributed by atoms with Gasteiger partial charge in [0.15, 0.2) is 5.82 Å². The molecular weight excluding hydrogens is 274 g/mol. The lowest BCUT2D eigenvalue weighted by atomic mass is 10.3. The van der Waals surface area contributed by atoms with Crippen LogP contribution in [-0.4, -0.2) is 27.5 Å². The standard InChI is InChI=1S/C13H17N5OS/c1-8(12-15-9(2)17-18-12)14-13(19)16-10-6-4-5-7-11(10)20-3/h4-8H,1-3H3,(H2,14,16,19)(H,15,17,18). The van der Waals surface area contributed by atoms with E-state index in [9.17, 15) is 4.79 Å². The number of thioether (sulfide) groups is 1. The molecule has 0 spiro atoms. The van der Waals surface area contributed by atoms with Gasteiger partial charge in [0, 0.05) is 4.90 Å². The molecule has 1 unspecified atom stereocenters. The number of hydrogen-bond acceptors (Lipinski definition) is 4. The number of carbonyl (C=O) groups excluding carboxylic acids is 1. The average molecular weight is 291 g/mol. The molecule has 1 aromatic heterocycles. The molecule has 0 aliphatic carbocycles. The van der Waals surface area contributed by atoms with Crippen molar-refractivity contribution in [3.8, 4) is 0 Å². The average Bonchev–Trinajstić information content (AvgIpc) is 2.86. The van der Waals surface area contributed by atoms with Gasteiger partial charge in [-0.2, -0.15) is 5.10 Å². The van der Waals surface area contributed by atoms with Crippen molar-refractivity contribution in [2.45, 2.75) is 24.8 Å². The Balaban J connectivity index is 1.98. The fourth-order valence-electron chi connectivity index (χ4n) is 1.72. The summed E-state index contributed by atoms with van der Waals surface area (Å²) in [6.45, 7) is 3.65. The SMILES string of the molecule is CSc1ccccc1NC(=O)NC(C)c1n[nH]c(C)n1. The molecule has 0 saturated heterocycles. The van der Waals surface area contributed by atoms with E-state index in [2.05, 4.69) is 25.8 Å². The first-order chi connectivity index (χ1) is 9.60. The van der Waals surface area contributed by atoms with Crippen molar-refractivity contribution in [2.75, 3.05) is 11.6 Å². The molecule has 6 nitrogen and oxygen atoms in total. The summed E-state index contributed by atoms with van der Waals surface area (Å²) in [7, 11) is 0. The molecule has 1 atom stereocenters. The molecule has 3 N–H and O–H groups in total. The third kappa shape index (κ3) is 3.51. The number of benzene rings is 1. The number of anilines is 1. The minimum Gasteiger partial charge on any atom is -0.328 e.